The van der Waals surface area contributed by atoms with Gasteiger partial charge in [-0.1, -0.05) is 24.3 Å². The molecule has 0 fully saturated rings. The number of hydrogen-bond acceptors (Lipinski definition) is 5. The van der Waals surface area contributed by atoms with Crippen molar-refractivity contribution in [2.45, 2.75) is 37.0 Å². The summed E-state index contributed by atoms with van der Waals surface area (Å²) >= 11 is 0. The monoisotopic (exact) mass is 748 g/mol. The van der Waals surface area contributed by atoms with Crippen LogP contribution in [0.3, 0.4) is 0 Å². The molecule has 53 heavy (non-hydrogen) atoms. The van der Waals surface area contributed by atoms with Crippen molar-refractivity contribution in [3.8, 4) is 22.5 Å². The Morgan fingerprint density at radius 1 is 0.698 bits per heavy atom. The van der Waals surface area contributed by atoms with E-state index in [1.54, 1.807) is 0 Å². The van der Waals surface area contributed by atoms with E-state index in [-0.39, 0.29) is 59.2 Å². The number of fused-ring (bicyclic) bond motifs is 2. The molecule has 3 aromatic heterocycles. The van der Waals surface area contributed by atoms with Gasteiger partial charge in [-0.3, -0.25) is 9.88 Å². The van der Waals surface area contributed by atoms with E-state index in [1.807, 2.05) is 0 Å². The molecule has 0 bridgehead atoms. The van der Waals surface area contributed by atoms with E-state index in [9.17, 15) is 48.7 Å². The van der Waals surface area contributed by atoms with E-state index in [4.69, 9.17) is 0 Å². The molecule has 2 amide bonds. The van der Waals surface area contributed by atoms with Gasteiger partial charge in [-0.15, -0.1) is 0 Å². The highest BCUT2D eigenvalue weighted by molar-refractivity contribution is 6.02. The van der Waals surface area contributed by atoms with Crippen LogP contribution >= 0.6 is 0 Å². The molecule has 7 nitrogen and oxygen atoms in total. The van der Waals surface area contributed by atoms with Crippen molar-refractivity contribution in [2.75, 3.05) is 28.6 Å². The quantitative estimate of drug-likeness (QED) is 0.180. The number of rotatable bonds is 3. The van der Waals surface area contributed by atoms with E-state index in [2.05, 4.69) is 25.6 Å². The summed E-state index contributed by atoms with van der Waals surface area (Å²) in [5.74, 6) is -6.47. The Labute approximate surface area is 294 Å². The molecule has 17 heteroatoms. The molecule has 2 aromatic carbocycles. The van der Waals surface area contributed by atoms with E-state index >= 15 is 0 Å². The molecule has 0 spiro atoms. The molecule has 0 unspecified atom stereocenters. The zero-order valence-corrected chi connectivity index (χ0v) is 27.0. The van der Waals surface area contributed by atoms with Crippen molar-refractivity contribution >= 4 is 23.4 Å². The number of aromatic nitrogens is 3. The molecular weight excluding hydrogens is 722 g/mol. The fraction of sp³-hybridized carbons (Fsp3) is 0.222. The summed E-state index contributed by atoms with van der Waals surface area (Å²) in [5, 5.41) is 5.34. The predicted molar refractivity (Wildman–Crippen MR) is 175 cm³/mol. The lowest BCUT2D eigenvalue weighted by atomic mass is 9.99. The number of carbonyl (C=O) groups excluding carboxylic acids is 1. The van der Waals surface area contributed by atoms with Gasteiger partial charge in [0, 0.05) is 55.1 Å². The van der Waals surface area contributed by atoms with E-state index in [0.717, 1.165) is 35.2 Å². The highest BCUT2D eigenvalue weighted by atomic mass is 19.4. The topological polar surface area (TPSA) is 83.0 Å². The minimum Gasteiger partial charge on any atom is -0.369 e. The molecule has 276 valence electrons. The van der Waals surface area contributed by atoms with Gasteiger partial charge in [0.1, 0.15) is 11.6 Å². The number of nitrogens with one attached hydrogen (secondary N) is 2. The number of pyridine rings is 3. The summed E-state index contributed by atoms with van der Waals surface area (Å²) in [4.78, 5) is 25.8. The summed E-state index contributed by atoms with van der Waals surface area (Å²) < 4.78 is 134. The maximum atomic E-state index is 14.5. The largest absolute Gasteiger partial charge is 0.416 e. The first-order chi connectivity index (χ1) is 24.9. The number of hydrogen-bond donors (Lipinski definition) is 2. The lowest BCUT2D eigenvalue weighted by Crippen LogP contribution is -2.43. The maximum absolute atomic E-state index is 14.5. The zero-order valence-electron chi connectivity index (χ0n) is 27.0. The molecule has 0 aliphatic carbocycles. The molecule has 0 saturated carbocycles. The Morgan fingerprint density at radius 3 is 1.83 bits per heavy atom. The smallest absolute Gasteiger partial charge is 0.369 e. The van der Waals surface area contributed by atoms with Crippen LogP contribution in [0.15, 0.2) is 97.3 Å². The average molecular weight is 749 g/mol. The van der Waals surface area contributed by atoms with Gasteiger partial charge < -0.3 is 10.6 Å². The highest BCUT2D eigenvalue weighted by Gasteiger charge is 2.43. The fourth-order valence-electron chi connectivity index (χ4n) is 5.65. The standard InChI is InChI=1S/C21H15F5N4O.C15H11F5N2/c22-20(23)8-11-30(19(31)28-15-6-9-27-10-7-15)18-16(20)4-5-17(29-18)13-2-1-3-14(12-13)21(24,25)26;16-14(17)6-7-21-13-11(14)4-5-12(22-13)9-2-1-3-10(8-9)15(18,19)20/h1-7,9-10,12H,8,11H2,(H,27,28,31);1-5,8H,6-7H2,(H,21,22). The van der Waals surface area contributed by atoms with Gasteiger partial charge in [0.05, 0.1) is 33.6 Å². The Morgan fingerprint density at radius 2 is 1.25 bits per heavy atom. The number of benzene rings is 2. The first-order valence-corrected chi connectivity index (χ1v) is 15.8. The minimum atomic E-state index is -4.56. The molecule has 0 radical (unpaired) electrons. The fourth-order valence-corrected chi connectivity index (χ4v) is 5.65. The van der Waals surface area contributed by atoms with Crippen LogP contribution in [0, 0.1) is 0 Å². The lowest BCUT2D eigenvalue weighted by molar-refractivity contribution is -0.138. The molecule has 5 heterocycles. The Kier molecular flexibility index (Phi) is 9.78. The molecular formula is C36H26F10N6O. The minimum absolute atomic E-state index is 0.0196. The predicted octanol–water partition coefficient (Wildman–Crippen LogP) is 10.4. The average Bonchev–Trinajstić information content (AvgIpc) is 3.11. The van der Waals surface area contributed by atoms with Crippen LogP contribution in [-0.2, 0) is 24.2 Å². The van der Waals surface area contributed by atoms with Gasteiger partial charge in [-0.2, -0.15) is 26.3 Å². The van der Waals surface area contributed by atoms with Gasteiger partial charge in [-0.25, -0.2) is 32.3 Å². The van der Waals surface area contributed by atoms with Gasteiger partial charge in [-0.05, 0) is 60.7 Å². The van der Waals surface area contributed by atoms with Gasteiger partial charge in [0.2, 0.25) is 0 Å². The van der Waals surface area contributed by atoms with Crippen LogP contribution < -0.4 is 15.5 Å². The molecule has 0 saturated heterocycles. The van der Waals surface area contributed by atoms with Crippen LogP contribution in [-0.4, -0.2) is 34.1 Å². The summed E-state index contributed by atoms with van der Waals surface area (Å²) in [6.45, 7) is -0.241. The third-order valence-electron chi connectivity index (χ3n) is 8.34. The summed E-state index contributed by atoms with van der Waals surface area (Å²) in [6.07, 6.45) is -7.04. The number of amides is 2. The van der Waals surface area contributed by atoms with Crippen molar-refractivity contribution in [3.63, 3.8) is 0 Å². The number of halogens is 10. The van der Waals surface area contributed by atoms with Gasteiger partial charge in [0.15, 0.2) is 0 Å². The second-order valence-electron chi connectivity index (χ2n) is 12.0. The number of nitrogens with zero attached hydrogens (tertiary/aromatic N) is 4. The van der Waals surface area contributed by atoms with Crippen LogP contribution in [0.5, 0.6) is 0 Å². The molecule has 5 aromatic rings. The number of carbonyl (C=O) groups is 1. The SMILES string of the molecule is FC(F)(F)c1cccc(-c2ccc3c(n2)NCCC3(F)F)c1.O=C(Nc1ccncc1)N1CCC(F)(F)c2ccc(-c3cccc(C(F)(F)F)c3)nc21. The Bertz CT molecular complexity index is 2120. The molecule has 2 aliphatic heterocycles. The normalized spacial score (nSPS) is 15.9. The van der Waals surface area contributed by atoms with E-state index in [1.165, 1.54) is 67.0 Å². The third kappa shape index (κ3) is 8.18. The Hall–Kier alpha value is -5.74. The van der Waals surface area contributed by atoms with Crippen molar-refractivity contribution in [2.24, 2.45) is 0 Å². The zero-order chi connectivity index (χ0) is 38.2. The van der Waals surface area contributed by atoms with E-state index < -0.39 is 53.3 Å². The maximum Gasteiger partial charge on any atom is 0.416 e. The molecule has 7 rings (SSSR count). The Balaban J connectivity index is 0.000000192. The number of anilines is 3. The number of alkyl halides is 10. The molecule has 2 aliphatic rings. The first-order valence-electron chi connectivity index (χ1n) is 15.8. The van der Waals surface area contributed by atoms with Crippen LogP contribution in [0.2, 0.25) is 0 Å². The van der Waals surface area contributed by atoms with E-state index in [0.29, 0.717) is 5.69 Å². The number of urea groups is 1. The summed E-state index contributed by atoms with van der Waals surface area (Å²) in [5.41, 5.74) is -1.37. The van der Waals surface area contributed by atoms with Gasteiger partial charge >= 0.3 is 18.4 Å². The van der Waals surface area contributed by atoms with Crippen LogP contribution in [0.25, 0.3) is 22.5 Å². The summed E-state index contributed by atoms with van der Waals surface area (Å²) in [6, 6.07) is 16.3. The van der Waals surface area contributed by atoms with Crippen molar-refractivity contribution in [1.29, 1.82) is 0 Å². The second kappa shape index (κ2) is 14.0. The lowest BCUT2D eigenvalue weighted by Gasteiger charge is -2.33. The van der Waals surface area contributed by atoms with Crippen molar-refractivity contribution in [3.05, 3.63) is 120 Å². The van der Waals surface area contributed by atoms with Crippen LogP contribution in [0.4, 0.5) is 66.0 Å². The highest BCUT2D eigenvalue weighted by Crippen LogP contribution is 2.43. The second-order valence-corrected chi connectivity index (χ2v) is 12.0. The third-order valence-corrected chi connectivity index (χ3v) is 8.34. The van der Waals surface area contributed by atoms with Crippen molar-refractivity contribution in [1.82, 2.24) is 15.0 Å². The van der Waals surface area contributed by atoms with Crippen LogP contribution in [0.1, 0.15) is 35.1 Å². The van der Waals surface area contributed by atoms with Gasteiger partial charge in [0.25, 0.3) is 11.8 Å². The summed E-state index contributed by atoms with van der Waals surface area (Å²) in [7, 11) is 0. The van der Waals surface area contributed by atoms with Crippen molar-refractivity contribution < 1.29 is 48.7 Å². The molecule has 0 atom stereocenters. The molecule has 2 N–H and O–H groups in total. The first kappa shape index (κ1) is 37.0.